The van der Waals surface area contributed by atoms with Gasteiger partial charge < -0.3 is 18.9 Å². The van der Waals surface area contributed by atoms with Crippen molar-refractivity contribution < 1.29 is 18.9 Å². The van der Waals surface area contributed by atoms with Crippen LogP contribution in [0.4, 0.5) is 0 Å². The van der Waals surface area contributed by atoms with Gasteiger partial charge in [-0.2, -0.15) is 0 Å². The normalized spacial score (nSPS) is 52.2. The van der Waals surface area contributed by atoms with Crippen molar-refractivity contribution >= 4 is 0 Å². The molecule has 4 atom stereocenters. The molecule has 13 heavy (non-hydrogen) atoms. The summed E-state index contributed by atoms with van der Waals surface area (Å²) < 4.78 is 22.2. The van der Waals surface area contributed by atoms with E-state index in [1.165, 1.54) is 0 Å². The monoisotopic (exact) mass is 186 g/mol. The molecule has 3 aliphatic heterocycles. The van der Waals surface area contributed by atoms with Crippen LogP contribution in [0.2, 0.25) is 0 Å². The fraction of sp³-hybridized carbons (Fsp3) is 1.00. The van der Waals surface area contributed by atoms with Gasteiger partial charge in [0.15, 0.2) is 5.79 Å². The van der Waals surface area contributed by atoms with Gasteiger partial charge in [-0.25, -0.2) is 0 Å². The molecule has 0 spiro atoms. The molecule has 3 heterocycles. The largest absolute Gasteiger partial charge is 0.370 e. The van der Waals surface area contributed by atoms with Crippen LogP contribution in [0.3, 0.4) is 0 Å². The standard InChI is InChI=1S/C9H14O4/c1-9(2)12-6-4-11-7(5-3-10-5)8(6)13-9/h5-8H,3-4H2,1-2H3/t5-,6+,7-,8+/m0/s1. The summed E-state index contributed by atoms with van der Waals surface area (Å²) in [6.45, 7) is 5.32. The van der Waals surface area contributed by atoms with E-state index in [1.807, 2.05) is 13.8 Å². The average molecular weight is 186 g/mol. The Bertz CT molecular complexity index is 224. The molecular formula is C9H14O4. The third-order valence-corrected chi connectivity index (χ3v) is 2.72. The van der Waals surface area contributed by atoms with E-state index in [4.69, 9.17) is 18.9 Å². The Hall–Kier alpha value is -0.160. The van der Waals surface area contributed by atoms with Gasteiger partial charge in [-0.05, 0) is 13.8 Å². The van der Waals surface area contributed by atoms with Crippen molar-refractivity contribution in [3.63, 3.8) is 0 Å². The Morgan fingerprint density at radius 2 is 1.69 bits per heavy atom. The first-order chi connectivity index (χ1) is 6.16. The number of epoxide rings is 1. The highest BCUT2D eigenvalue weighted by Gasteiger charge is 2.55. The van der Waals surface area contributed by atoms with Crippen LogP contribution >= 0.6 is 0 Å². The van der Waals surface area contributed by atoms with Gasteiger partial charge in [0.25, 0.3) is 0 Å². The predicted octanol–water partition coefficient (Wildman–Crippen LogP) is 0.304. The van der Waals surface area contributed by atoms with E-state index in [9.17, 15) is 0 Å². The third-order valence-electron chi connectivity index (χ3n) is 2.72. The van der Waals surface area contributed by atoms with Crippen molar-refractivity contribution in [2.45, 2.75) is 44.1 Å². The van der Waals surface area contributed by atoms with E-state index in [0.717, 1.165) is 6.61 Å². The van der Waals surface area contributed by atoms with Gasteiger partial charge in [0, 0.05) is 0 Å². The van der Waals surface area contributed by atoms with Crippen LogP contribution in [0.1, 0.15) is 13.8 Å². The molecule has 3 saturated heterocycles. The minimum absolute atomic E-state index is 0.0718. The van der Waals surface area contributed by atoms with Gasteiger partial charge in [-0.1, -0.05) is 0 Å². The van der Waals surface area contributed by atoms with Crippen LogP contribution in [-0.4, -0.2) is 43.4 Å². The van der Waals surface area contributed by atoms with Crippen molar-refractivity contribution in [2.24, 2.45) is 0 Å². The van der Waals surface area contributed by atoms with E-state index in [-0.39, 0.29) is 24.4 Å². The quantitative estimate of drug-likeness (QED) is 0.552. The Morgan fingerprint density at radius 3 is 2.38 bits per heavy atom. The molecule has 0 aromatic carbocycles. The summed E-state index contributed by atoms with van der Waals surface area (Å²) in [6.07, 6.45) is 0.506. The summed E-state index contributed by atoms with van der Waals surface area (Å²) in [4.78, 5) is 0. The van der Waals surface area contributed by atoms with Crippen molar-refractivity contribution in [1.82, 2.24) is 0 Å². The van der Waals surface area contributed by atoms with Crippen LogP contribution in [0.25, 0.3) is 0 Å². The topological polar surface area (TPSA) is 40.2 Å². The van der Waals surface area contributed by atoms with E-state index < -0.39 is 5.79 Å². The highest BCUT2D eigenvalue weighted by molar-refractivity contribution is 4.98. The Balaban J connectivity index is 1.76. The van der Waals surface area contributed by atoms with Gasteiger partial charge in [-0.3, -0.25) is 0 Å². The summed E-state index contributed by atoms with van der Waals surface area (Å²) in [5.74, 6) is -0.452. The molecule has 0 aromatic heterocycles. The molecule has 3 fully saturated rings. The van der Waals surface area contributed by atoms with Gasteiger partial charge in [0.2, 0.25) is 0 Å². The van der Waals surface area contributed by atoms with Crippen LogP contribution in [-0.2, 0) is 18.9 Å². The number of hydrogen-bond acceptors (Lipinski definition) is 4. The number of ether oxygens (including phenoxy) is 4. The Morgan fingerprint density at radius 1 is 0.923 bits per heavy atom. The first kappa shape index (κ1) is 8.17. The van der Waals surface area contributed by atoms with Gasteiger partial charge in [0.05, 0.1) is 13.2 Å². The van der Waals surface area contributed by atoms with Crippen molar-refractivity contribution in [2.75, 3.05) is 13.2 Å². The first-order valence-electron chi connectivity index (χ1n) is 4.74. The van der Waals surface area contributed by atoms with E-state index in [0.29, 0.717) is 6.61 Å². The van der Waals surface area contributed by atoms with E-state index in [2.05, 4.69) is 0 Å². The lowest BCUT2D eigenvalue weighted by Crippen LogP contribution is -2.33. The van der Waals surface area contributed by atoms with E-state index in [1.54, 1.807) is 0 Å². The lowest BCUT2D eigenvalue weighted by Gasteiger charge is -2.20. The highest BCUT2D eigenvalue weighted by Crippen LogP contribution is 2.38. The molecule has 0 bridgehead atoms. The molecule has 3 rings (SSSR count). The maximum Gasteiger partial charge on any atom is 0.164 e. The fourth-order valence-electron chi connectivity index (χ4n) is 2.14. The van der Waals surface area contributed by atoms with E-state index >= 15 is 0 Å². The number of hydrogen-bond donors (Lipinski definition) is 0. The minimum atomic E-state index is -0.452. The summed E-state index contributed by atoms with van der Waals surface area (Å²) in [6, 6.07) is 0. The Labute approximate surface area is 77.1 Å². The highest BCUT2D eigenvalue weighted by atomic mass is 16.8. The van der Waals surface area contributed by atoms with Crippen LogP contribution in [0.15, 0.2) is 0 Å². The van der Waals surface area contributed by atoms with Crippen molar-refractivity contribution in [3.8, 4) is 0 Å². The molecule has 0 unspecified atom stereocenters. The summed E-state index contributed by atoms with van der Waals surface area (Å²) >= 11 is 0. The van der Waals surface area contributed by atoms with Gasteiger partial charge >= 0.3 is 0 Å². The zero-order valence-electron chi connectivity index (χ0n) is 7.86. The third kappa shape index (κ3) is 1.29. The van der Waals surface area contributed by atoms with Crippen LogP contribution < -0.4 is 0 Å². The second-order valence-electron chi connectivity index (χ2n) is 4.31. The number of rotatable bonds is 1. The minimum Gasteiger partial charge on any atom is -0.370 e. The van der Waals surface area contributed by atoms with Gasteiger partial charge in [0.1, 0.15) is 24.4 Å². The molecule has 3 aliphatic rings. The molecule has 0 amide bonds. The summed E-state index contributed by atoms with van der Waals surface area (Å²) in [5, 5.41) is 0. The smallest absolute Gasteiger partial charge is 0.164 e. The van der Waals surface area contributed by atoms with Crippen LogP contribution in [0, 0.1) is 0 Å². The zero-order chi connectivity index (χ0) is 9.05. The second kappa shape index (κ2) is 2.45. The fourth-order valence-corrected chi connectivity index (χ4v) is 2.14. The maximum atomic E-state index is 5.76. The molecule has 0 aromatic rings. The molecule has 74 valence electrons. The molecule has 4 heteroatoms. The Kier molecular flexibility index (Phi) is 1.54. The molecule has 0 N–H and O–H groups in total. The predicted molar refractivity (Wildman–Crippen MR) is 43.3 cm³/mol. The molecule has 4 nitrogen and oxygen atoms in total. The van der Waals surface area contributed by atoms with Gasteiger partial charge in [-0.15, -0.1) is 0 Å². The molecule has 0 aliphatic carbocycles. The zero-order valence-corrected chi connectivity index (χ0v) is 7.86. The van der Waals surface area contributed by atoms with Crippen molar-refractivity contribution in [1.29, 1.82) is 0 Å². The second-order valence-corrected chi connectivity index (χ2v) is 4.31. The molecular weight excluding hydrogens is 172 g/mol. The van der Waals surface area contributed by atoms with Crippen molar-refractivity contribution in [3.05, 3.63) is 0 Å². The first-order valence-corrected chi connectivity index (χ1v) is 4.74. The average Bonchev–Trinajstić information content (AvgIpc) is 2.72. The summed E-state index contributed by atoms with van der Waals surface area (Å²) in [5.41, 5.74) is 0. The SMILES string of the molecule is CC1(C)O[C@H]2[C@H]([C@@H]3CO3)OC[C@H]2O1. The lowest BCUT2D eigenvalue weighted by atomic mass is 10.1. The maximum absolute atomic E-state index is 5.76. The van der Waals surface area contributed by atoms with Crippen LogP contribution in [0.5, 0.6) is 0 Å². The molecule has 0 saturated carbocycles. The lowest BCUT2D eigenvalue weighted by molar-refractivity contribution is -0.176. The number of fused-ring (bicyclic) bond motifs is 1. The summed E-state index contributed by atoms with van der Waals surface area (Å²) in [7, 11) is 0. The molecule has 0 radical (unpaired) electrons.